The molecule has 1 saturated heterocycles. The van der Waals surface area contributed by atoms with Gasteiger partial charge in [-0.1, -0.05) is 18.2 Å². The third-order valence-electron chi connectivity index (χ3n) is 3.59. The van der Waals surface area contributed by atoms with Crippen LogP contribution in [-0.2, 0) is 0 Å². The van der Waals surface area contributed by atoms with Crippen LogP contribution < -0.4 is 5.63 Å². The van der Waals surface area contributed by atoms with Crippen LogP contribution in [0.4, 0.5) is 0 Å². The van der Waals surface area contributed by atoms with Crippen LogP contribution in [0, 0.1) is 6.92 Å². The smallest absolute Gasteiger partial charge is 0.349 e. The Balaban J connectivity index is 2.11. The number of para-hydroxylation sites is 1. The minimum atomic E-state index is -0.538. The third-order valence-corrected chi connectivity index (χ3v) is 4.53. The van der Waals surface area contributed by atoms with Crippen molar-refractivity contribution < 1.29 is 9.21 Å². The lowest BCUT2D eigenvalue weighted by Crippen LogP contribution is -2.40. The summed E-state index contributed by atoms with van der Waals surface area (Å²) in [4.78, 5) is 26.4. The molecule has 1 aliphatic rings. The largest absolute Gasteiger partial charge is 0.422 e. The summed E-state index contributed by atoms with van der Waals surface area (Å²) in [7, 11) is 0. The molecule has 1 aromatic carbocycles. The van der Waals surface area contributed by atoms with Gasteiger partial charge in [0, 0.05) is 30.0 Å². The zero-order valence-corrected chi connectivity index (χ0v) is 12.0. The van der Waals surface area contributed by atoms with E-state index >= 15 is 0 Å². The topological polar surface area (TPSA) is 50.5 Å². The molecule has 5 heteroatoms. The van der Waals surface area contributed by atoms with E-state index in [1.807, 2.05) is 36.9 Å². The molecule has 20 heavy (non-hydrogen) atoms. The summed E-state index contributed by atoms with van der Waals surface area (Å²) in [6, 6.07) is 7.31. The van der Waals surface area contributed by atoms with Crippen LogP contribution in [0.3, 0.4) is 0 Å². The first-order valence-corrected chi connectivity index (χ1v) is 7.73. The van der Waals surface area contributed by atoms with Crippen LogP contribution in [0.25, 0.3) is 11.0 Å². The number of thioether (sulfide) groups is 1. The van der Waals surface area contributed by atoms with Crippen LogP contribution in [0.1, 0.15) is 15.9 Å². The Bertz CT molecular complexity index is 717. The molecule has 0 unspecified atom stereocenters. The van der Waals surface area contributed by atoms with E-state index < -0.39 is 5.63 Å². The first-order valence-electron chi connectivity index (χ1n) is 6.58. The van der Waals surface area contributed by atoms with Gasteiger partial charge in [0.25, 0.3) is 5.91 Å². The van der Waals surface area contributed by atoms with Gasteiger partial charge in [-0.25, -0.2) is 4.79 Å². The number of benzene rings is 1. The van der Waals surface area contributed by atoms with Crippen LogP contribution in [0.2, 0.25) is 0 Å². The summed E-state index contributed by atoms with van der Waals surface area (Å²) in [6.07, 6.45) is 0. The second-order valence-corrected chi connectivity index (χ2v) is 6.01. The Morgan fingerprint density at radius 1 is 1.25 bits per heavy atom. The molecule has 2 heterocycles. The SMILES string of the molecule is Cc1c(C(=O)N2CCSCC2)c(=O)oc2ccccc12. The normalized spacial score (nSPS) is 15.6. The van der Waals surface area contributed by atoms with Gasteiger partial charge in [0.2, 0.25) is 0 Å². The summed E-state index contributed by atoms with van der Waals surface area (Å²) < 4.78 is 5.28. The Morgan fingerprint density at radius 2 is 1.95 bits per heavy atom. The number of fused-ring (bicyclic) bond motifs is 1. The van der Waals surface area contributed by atoms with Crippen LogP contribution in [0.5, 0.6) is 0 Å². The molecule has 0 atom stereocenters. The third kappa shape index (κ3) is 2.22. The molecule has 0 aliphatic carbocycles. The molecule has 1 aliphatic heterocycles. The second-order valence-electron chi connectivity index (χ2n) is 4.79. The predicted octanol–water partition coefficient (Wildman–Crippen LogP) is 2.29. The molecule has 0 N–H and O–H groups in total. The van der Waals surface area contributed by atoms with E-state index in [-0.39, 0.29) is 11.5 Å². The quantitative estimate of drug-likeness (QED) is 0.756. The molecular weight excluding hydrogens is 274 g/mol. The minimum absolute atomic E-state index is 0.176. The lowest BCUT2D eigenvalue weighted by molar-refractivity contribution is 0.0767. The highest BCUT2D eigenvalue weighted by Crippen LogP contribution is 2.21. The molecule has 2 aromatic rings. The van der Waals surface area contributed by atoms with Crippen molar-refractivity contribution in [2.75, 3.05) is 24.6 Å². The van der Waals surface area contributed by atoms with Crippen molar-refractivity contribution in [3.63, 3.8) is 0 Å². The van der Waals surface area contributed by atoms with Crippen LogP contribution >= 0.6 is 11.8 Å². The maximum Gasteiger partial charge on any atom is 0.349 e. The maximum atomic E-state index is 12.5. The summed E-state index contributed by atoms with van der Waals surface area (Å²) >= 11 is 1.83. The molecule has 1 fully saturated rings. The van der Waals surface area contributed by atoms with E-state index in [4.69, 9.17) is 4.42 Å². The highest BCUT2D eigenvalue weighted by Gasteiger charge is 2.24. The molecule has 0 spiro atoms. The lowest BCUT2D eigenvalue weighted by atomic mass is 10.1. The predicted molar refractivity (Wildman–Crippen MR) is 80.4 cm³/mol. The van der Waals surface area contributed by atoms with Gasteiger partial charge in [-0.2, -0.15) is 11.8 Å². The van der Waals surface area contributed by atoms with Crippen LogP contribution in [0.15, 0.2) is 33.5 Å². The molecule has 1 amide bonds. The van der Waals surface area contributed by atoms with Crippen molar-refractivity contribution in [1.82, 2.24) is 4.90 Å². The first-order chi connectivity index (χ1) is 9.68. The standard InChI is InChI=1S/C15H15NO3S/c1-10-11-4-2-3-5-12(11)19-15(18)13(10)14(17)16-6-8-20-9-7-16/h2-5H,6-9H2,1H3. The number of rotatable bonds is 1. The first kappa shape index (κ1) is 13.2. The van der Waals surface area contributed by atoms with Gasteiger partial charge in [0.1, 0.15) is 11.1 Å². The van der Waals surface area contributed by atoms with Gasteiger partial charge in [-0.3, -0.25) is 4.79 Å². The molecule has 0 bridgehead atoms. The van der Waals surface area contributed by atoms with E-state index in [2.05, 4.69) is 0 Å². The van der Waals surface area contributed by atoms with Gasteiger partial charge in [-0.05, 0) is 18.6 Å². The van der Waals surface area contributed by atoms with Crippen molar-refractivity contribution in [3.8, 4) is 0 Å². The lowest BCUT2D eigenvalue weighted by Gasteiger charge is -2.26. The highest BCUT2D eigenvalue weighted by atomic mass is 32.2. The average Bonchev–Trinajstić information content (AvgIpc) is 2.48. The number of nitrogens with zero attached hydrogens (tertiary/aromatic N) is 1. The Labute approximate surface area is 120 Å². The molecular formula is C15H15NO3S. The molecule has 0 radical (unpaired) electrons. The molecule has 1 aromatic heterocycles. The fourth-order valence-electron chi connectivity index (χ4n) is 2.48. The van der Waals surface area contributed by atoms with Gasteiger partial charge in [-0.15, -0.1) is 0 Å². The van der Waals surface area contributed by atoms with Gasteiger partial charge in [0.15, 0.2) is 0 Å². The van der Waals surface area contributed by atoms with Crippen molar-refractivity contribution in [2.45, 2.75) is 6.92 Å². The van der Waals surface area contributed by atoms with Crippen molar-refractivity contribution in [2.24, 2.45) is 0 Å². The molecule has 4 nitrogen and oxygen atoms in total. The fourth-order valence-corrected chi connectivity index (χ4v) is 3.38. The van der Waals surface area contributed by atoms with Crippen molar-refractivity contribution >= 4 is 28.6 Å². The van der Waals surface area contributed by atoms with E-state index in [1.165, 1.54) is 0 Å². The second kappa shape index (κ2) is 5.32. The number of hydrogen-bond donors (Lipinski definition) is 0. The van der Waals surface area contributed by atoms with Crippen molar-refractivity contribution in [3.05, 3.63) is 45.8 Å². The monoisotopic (exact) mass is 289 g/mol. The van der Waals surface area contributed by atoms with E-state index in [1.54, 1.807) is 11.0 Å². The Hall–Kier alpha value is -1.75. The zero-order valence-electron chi connectivity index (χ0n) is 11.2. The zero-order chi connectivity index (χ0) is 14.1. The summed E-state index contributed by atoms with van der Waals surface area (Å²) in [6.45, 7) is 3.19. The Kier molecular flexibility index (Phi) is 3.53. The fraction of sp³-hybridized carbons (Fsp3) is 0.333. The summed E-state index contributed by atoms with van der Waals surface area (Å²) in [5.41, 5.74) is 0.876. The number of aryl methyl sites for hydroxylation is 1. The molecule has 104 valence electrons. The van der Waals surface area contributed by atoms with Gasteiger partial charge >= 0.3 is 5.63 Å². The summed E-state index contributed by atoms with van der Waals surface area (Å²) in [5.74, 6) is 1.63. The number of hydrogen-bond acceptors (Lipinski definition) is 4. The van der Waals surface area contributed by atoms with E-state index in [0.29, 0.717) is 24.2 Å². The van der Waals surface area contributed by atoms with Gasteiger partial charge < -0.3 is 9.32 Å². The van der Waals surface area contributed by atoms with Crippen molar-refractivity contribution in [1.29, 1.82) is 0 Å². The maximum absolute atomic E-state index is 12.5. The highest BCUT2D eigenvalue weighted by molar-refractivity contribution is 7.99. The van der Waals surface area contributed by atoms with Crippen LogP contribution in [-0.4, -0.2) is 35.4 Å². The number of amides is 1. The molecule has 0 saturated carbocycles. The van der Waals surface area contributed by atoms with Gasteiger partial charge in [0.05, 0.1) is 0 Å². The molecule has 3 rings (SSSR count). The van der Waals surface area contributed by atoms with E-state index in [0.717, 1.165) is 16.9 Å². The number of carbonyl (C=O) groups excluding carboxylic acids is 1. The van der Waals surface area contributed by atoms with E-state index in [9.17, 15) is 9.59 Å². The minimum Gasteiger partial charge on any atom is -0.422 e. The number of carbonyl (C=O) groups is 1. The summed E-state index contributed by atoms with van der Waals surface area (Å²) in [5, 5.41) is 0.821. The average molecular weight is 289 g/mol. The Morgan fingerprint density at radius 3 is 2.70 bits per heavy atom.